The number of amides is 1. The zero-order valence-corrected chi connectivity index (χ0v) is 8.84. The van der Waals surface area contributed by atoms with Crippen LogP contribution in [0.3, 0.4) is 0 Å². The molecule has 0 aromatic rings. The van der Waals surface area contributed by atoms with Gasteiger partial charge >= 0.3 is 0 Å². The number of hydrogen-bond donors (Lipinski definition) is 4. The molecular formula is C9H20N2O3. The molecule has 0 aromatic carbocycles. The Morgan fingerprint density at radius 1 is 1.36 bits per heavy atom. The Balaban J connectivity index is 4.08. The number of carbonyl (C=O) groups excluding carboxylic acids is 1. The average molecular weight is 204 g/mol. The smallest absolute Gasteiger partial charge is 0.221 e. The summed E-state index contributed by atoms with van der Waals surface area (Å²) in [4.78, 5) is 11.3. The second-order valence-corrected chi connectivity index (χ2v) is 3.35. The van der Waals surface area contributed by atoms with E-state index in [1.54, 1.807) is 7.05 Å². The van der Waals surface area contributed by atoms with E-state index in [9.17, 15) is 4.79 Å². The lowest BCUT2D eigenvalue weighted by Gasteiger charge is -2.29. The molecule has 0 fully saturated rings. The maximum Gasteiger partial charge on any atom is 0.221 e. The molecule has 0 radical (unpaired) electrons. The van der Waals surface area contributed by atoms with Crippen molar-refractivity contribution in [1.29, 1.82) is 0 Å². The lowest BCUT2D eigenvalue weighted by atomic mass is 9.98. The monoisotopic (exact) mass is 204 g/mol. The van der Waals surface area contributed by atoms with Gasteiger partial charge in [-0.3, -0.25) is 4.79 Å². The fourth-order valence-corrected chi connectivity index (χ4v) is 1.04. The topological polar surface area (TPSA) is 81.6 Å². The van der Waals surface area contributed by atoms with Crippen LogP contribution in [0.2, 0.25) is 0 Å². The minimum Gasteiger partial charge on any atom is -0.394 e. The molecule has 0 bridgehead atoms. The Hall–Kier alpha value is -0.650. The van der Waals surface area contributed by atoms with Crippen LogP contribution in [0.15, 0.2) is 0 Å². The van der Waals surface area contributed by atoms with Crippen LogP contribution >= 0.6 is 0 Å². The van der Waals surface area contributed by atoms with Gasteiger partial charge in [-0.15, -0.1) is 0 Å². The minimum atomic E-state index is -0.870. The van der Waals surface area contributed by atoms with Gasteiger partial charge in [0.05, 0.1) is 18.8 Å². The number of aliphatic hydroxyl groups is 2. The van der Waals surface area contributed by atoms with E-state index in [2.05, 4.69) is 10.6 Å². The van der Waals surface area contributed by atoms with E-state index in [0.717, 1.165) is 0 Å². The predicted octanol–water partition coefficient (Wildman–Crippen LogP) is -1.15. The molecule has 0 aliphatic heterocycles. The summed E-state index contributed by atoms with van der Waals surface area (Å²) in [5.74, 6) is -0.163. The third-order valence-electron chi connectivity index (χ3n) is 2.29. The number of hydrogen-bond acceptors (Lipinski definition) is 4. The van der Waals surface area contributed by atoms with Gasteiger partial charge in [0.25, 0.3) is 0 Å². The molecule has 1 amide bonds. The summed E-state index contributed by atoms with van der Waals surface area (Å²) >= 11 is 0. The zero-order valence-electron chi connectivity index (χ0n) is 8.84. The summed E-state index contributed by atoms with van der Waals surface area (Å²) in [6, 6.07) is 0. The van der Waals surface area contributed by atoms with Crippen molar-refractivity contribution < 1.29 is 15.0 Å². The number of nitrogens with one attached hydrogen (secondary N) is 2. The van der Waals surface area contributed by atoms with Crippen molar-refractivity contribution in [2.24, 2.45) is 0 Å². The number of rotatable bonds is 7. The minimum absolute atomic E-state index is 0.163. The van der Waals surface area contributed by atoms with Crippen LogP contribution in [0.1, 0.15) is 19.8 Å². The number of carbonyl (C=O) groups is 1. The highest BCUT2D eigenvalue weighted by Gasteiger charge is 2.27. The first-order valence-electron chi connectivity index (χ1n) is 4.81. The Morgan fingerprint density at radius 3 is 2.29 bits per heavy atom. The Labute approximate surface area is 84.5 Å². The highest BCUT2D eigenvalue weighted by atomic mass is 16.3. The molecule has 0 saturated carbocycles. The van der Waals surface area contributed by atoms with Gasteiger partial charge < -0.3 is 20.8 Å². The maximum absolute atomic E-state index is 11.3. The second kappa shape index (κ2) is 6.75. The summed E-state index contributed by atoms with van der Waals surface area (Å²) in [6.07, 6.45) is 0.851. The summed E-state index contributed by atoms with van der Waals surface area (Å²) < 4.78 is 0. The lowest BCUT2D eigenvalue weighted by Crippen LogP contribution is -2.54. The van der Waals surface area contributed by atoms with Crippen molar-refractivity contribution in [3.05, 3.63) is 0 Å². The van der Waals surface area contributed by atoms with Gasteiger partial charge in [-0.2, -0.15) is 0 Å². The van der Waals surface area contributed by atoms with Crippen LogP contribution < -0.4 is 10.6 Å². The van der Waals surface area contributed by atoms with Crippen molar-refractivity contribution in [2.75, 3.05) is 26.8 Å². The summed E-state index contributed by atoms with van der Waals surface area (Å²) in [6.45, 7) is 1.91. The van der Waals surface area contributed by atoms with Crippen molar-refractivity contribution in [3.63, 3.8) is 0 Å². The van der Waals surface area contributed by atoms with Gasteiger partial charge in [-0.1, -0.05) is 6.92 Å². The van der Waals surface area contributed by atoms with Crippen LogP contribution in [0.5, 0.6) is 0 Å². The van der Waals surface area contributed by atoms with Crippen LogP contribution in [0.4, 0.5) is 0 Å². The molecule has 84 valence electrons. The molecule has 14 heavy (non-hydrogen) atoms. The normalized spacial score (nSPS) is 11.4. The van der Waals surface area contributed by atoms with Crippen molar-refractivity contribution in [1.82, 2.24) is 10.6 Å². The highest BCUT2D eigenvalue weighted by Crippen LogP contribution is 2.08. The maximum atomic E-state index is 11.3. The Kier molecular flexibility index (Phi) is 6.44. The second-order valence-electron chi connectivity index (χ2n) is 3.35. The molecule has 0 unspecified atom stereocenters. The van der Waals surface area contributed by atoms with E-state index in [1.165, 1.54) is 0 Å². The van der Waals surface area contributed by atoms with Crippen LogP contribution in [0, 0.1) is 0 Å². The molecule has 4 N–H and O–H groups in total. The van der Waals surface area contributed by atoms with Crippen LogP contribution in [-0.2, 0) is 4.79 Å². The molecule has 0 heterocycles. The van der Waals surface area contributed by atoms with E-state index in [0.29, 0.717) is 19.4 Å². The molecule has 0 aliphatic carbocycles. The van der Waals surface area contributed by atoms with Crippen LogP contribution in [-0.4, -0.2) is 48.5 Å². The molecule has 0 saturated heterocycles. The van der Waals surface area contributed by atoms with Gasteiger partial charge in [0.1, 0.15) is 0 Å². The fraction of sp³-hybridized carbons (Fsp3) is 0.889. The first kappa shape index (κ1) is 13.4. The van der Waals surface area contributed by atoms with E-state index < -0.39 is 5.54 Å². The van der Waals surface area contributed by atoms with Gasteiger partial charge in [0, 0.05) is 13.0 Å². The van der Waals surface area contributed by atoms with E-state index in [-0.39, 0.29) is 19.1 Å². The molecular weight excluding hydrogens is 184 g/mol. The predicted molar refractivity (Wildman–Crippen MR) is 53.9 cm³/mol. The summed E-state index contributed by atoms with van der Waals surface area (Å²) in [7, 11) is 1.76. The van der Waals surface area contributed by atoms with Crippen molar-refractivity contribution in [2.45, 2.75) is 25.3 Å². The fourth-order valence-electron chi connectivity index (χ4n) is 1.04. The van der Waals surface area contributed by atoms with Gasteiger partial charge in [0.15, 0.2) is 0 Å². The largest absolute Gasteiger partial charge is 0.394 e. The number of aliphatic hydroxyl groups excluding tert-OH is 2. The third-order valence-corrected chi connectivity index (χ3v) is 2.29. The molecule has 0 spiro atoms. The van der Waals surface area contributed by atoms with E-state index in [1.807, 2.05) is 6.92 Å². The molecule has 0 rings (SSSR count). The molecule has 0 aliphatic rings. The van der Waals surface area contributed by atoms with E-state index in [4.69, 9.17) is 10.2 Å². The SMILES string of the molecule is CCC(CO)(CO)NC(=O)CCNC. The lowest BCUT2D eigenvalue weighted by molar-refractivity contribution is -0.124. The first-order chi connectivity index (χ1) is 6.64. The molecule has 0 aromatic heterocycles. The van der Waals surface area contributed by atoms with Crippen molar-refractivity contribution in [3.8, 4) is 0 Å². The average Bonchev–Trinajstić information content (AvgIpc) is 2.23. The quantitative estimate of drug-likeness (QED) is 0.422. The Morgan fingerprint density at radius 2 is 1.93 bits per heavy atom. The Bertz CT molecular complexity index is 161. The standard InChI is InChI=1S/C9H20N2O3/c1-3-9(6-12,7-13)11-8(14)4-5-10-2/h10,12-13H,3-7H2,1-2H3,(H,11,14). The van der Waals surface area contributed by atoms with E-state index >= 15 is 0 Å². The molecule has 0 atom stereocenters. The summed E-state index contributed by atoms with van der Waals surface area (Å²) in [5.41, 5.74) is -0.870. The van der Waals surface area contributed by atoms with Crippen molar-refractivity contribution >= 4 is 5.91 Å². The highest BCUT2D eigenvalue weighted by molar-refractivity contribution is 5.77. The first-order valence-corrected chi connectivity index (χ1v) is 4.81. The zero-order chi connectivity index (χ0) is 11.0. The van der Waals surface area contributed by atoms with Gasteiger partial charge in [0.2, 0.25) is 5.91 Å². The molecule has 5 nitrogen and oxygen atoms in total. The van der Waals surface area contributed by atoms with Gasteiger partial charge in [-0.05, 0) is 13.5 Å². The third kappa shape index (κ3) is 4.04. The molecule has 5 heteroatoms. The van der Waals surface area contributed by atoms with Gasteiger partial charge in [-0.25, -0.2) is 0 Å². The van der Waals surface area contributed by atoms with Crippen LogP contribution in [0.25, 0.3) is 0 Å². The summed E-state index contributed by atoms with van der Waals surface area (Å²) in [5, 5.41) is 23.6.